The summed E-state index contributed by atoms with van der Waals surface area (Å²) in [4.78, 5) is 0. The van der Waals surface area contributed by atoms with Crippen LogP contribution in [-0.4, -0.2) is 0 Å². The molecule has 0 spiro atoms. The van der Waals surface area contributed by atoms with Crippen LogP contribution in [0.3, 0.4) is 0 Å². The van der Waals surface area contributed by atoms with Crippen molar-refractivity contribution >= 4 is 0 Å². The zero-order valence-electron chi connectivity index (χ0n) is 3.78. The molecule has 1 saturated carbocycles. The third-order valence-corrected chi connectivity index (χ3v) is 1.22. The van der Waals surface area contributed by atoms with Gasteiger partial charge in [-0.2, -0.15) is 0 Å². The minimum atomic E-state index is 0. The van der Waals surface area contributed by atoms with Gasteiger partial charge in [-0.3, -0.25) is 0 Å². The van der Waals surface area contributed by atoms with Gasteiger partial charge in [0.1, 0.15) is 0 Å². The van der Waals surface area contributed by atoms with Crippen molar-refractivity contribution in [2.24, 2.45) is 5.92 Å². The highest BCUT2D eigenvalue weighted by molar-refractivity contribution is 4.69. The molecule has 0 atom stereocenters. The topological polar surface area (TPSA) is 0 Å². The first-order chi connectivity index (χ1) is 2.39. The summed E-state index contributed by atoms with van der Waals surface area (Å²) in [7, 11) is 0. The van der Waals surface area contributed by atoms with Crippen LogP contribution >= 0.6 is 0 Å². The summed E-state index contributed by atoms with van der Waals surface area (Å²) in [6, 6.07) is 0. The van der Waals surface area contributed by atoms with Gasteiger partial charge in [0.15, 0.2) is 0 Å². The van der Waals surface area contributed by atoms with E-state index in [1.807, 2.05) is 0 Å². The molecule has 0 nitrogen and oxygen atoms in total. The molecule has 0 bridgehead atoms. The molecule has 1 heteroatoms. The Morgan fingerprint density at radius 3 is 1.67 bits per heavy atom. The van der Waals surface area contributed by atoms with Crippen molar-refractivity contribution in [3.8, 4) is 0 Å². The SMILES string of the molecule is [CH2+]C1CCC1.[Cl-]. The Hall–Kier alpha value is 0.160. The molecule has 0 aromatic heterocycles. The van der Waals surface area contributed by atoms with E-state index in [0.717, 1.165) is 5.92 Å². The van der Waals surface area contributed by atoms with Crippen LogP contribution in [0.5, 0.6) is 0 Å². The highest BCUT2D eigenvalue weighted by atomic mass is 35.5. The molecule has 1 aliphatic carbocycles. The summed E-state index contributed by atoms with van der Waals surface area (Å²) in [5, 5.41) is 0. The molecule has 0 saturated heterocycles. The molecule has 1 fully saturated rings. The lowest BCUT2D eigenvalue weighted by Crippen LogP contribution is -3.00. The Morgan fingerprint density at radius 2 is 1.67 bits per heavy atom. The molecule has 1 rings (SSSR count). The number of halogens is 1. The minimum Gasteiger partial charge on any atom is -1.00 e. The van der Waals surface area contributed by atoms with Gasteiger partial charge in [-0.15, -0.1) is 0 Å². The Labute approximate surface area is 45.3 Å². The van der Waals surface area contributed by atoms with Crippen LogP contribution in [0, 0.1) is 12.8 Å². The fourth-order valence-electron chi connectivity index (χ4n) is 0.493. The average Bonchev–Trinajstić information content (AvgIpc) is 1.30. The number of hydrogen-bond acceptors (Lipinski definition) is 0. The number of rotatable bonds is 0. The maximum atomic E-state index is 3.84. The second kappa shape index (κ2) is 2.35. The maximum absolute atomic E-state index is 3.84. The molecule has 0 amide bonds. The molecule has 1 aliphatic rings. The van der Waals surface area contributed by atoms with E-state index in [1.54, 1.807) is 0 Å². The third-order valence-electron chi connectivity index (χ3n) is 1.22. The maximum Gasteiger partial charge on any atom is 0.0953 e. The van der Waals surface area contributed by atoms with Gasteiger partial charge in [0, 0.05) is 0 Å². The second-order valence-electron chi connectivity index (χ2n) is 1.80. The molecule has 36 valence electrons. The molecule has 6 heavy (non-hydrogen) atoms. The third kappa shape index (κ3) is 1.09. The van der Waals surface area contributed by atoms with Crippen molar-refractivity contribution in [2.45, 2.75) is 19.3 Å². The van der Waals surface area contributed by atoms with E-state index < -0.39 is 0 Å². The van der Waals surface area contributed by atoms with E-state index in [9.17, 15) is 0 Å². The van der Waals surface area contributed by atoms with Crippen molar-refractivity contribution in [2.75, 3.05) is 0 Å². The standard InChI is InChI=1S/C5H9.ClH/c1-5-3-2-4-5;/h5H,1-4H2;1H/q+1;/p-1. The van der Waals surface area contributed by atoms with Crippen molar-refractivity contribution in [1.82, 2.24) is 0 Å². The molecule has 0 aromatic rings. The molecule has 0 unspecified atom stereocenters. The van der Waals surface area contributed by atoms with Crippen molar-refractivity contribution in [3.63, 3.8) is 0 Å². The lowest BCUT2D eigenvalue weighted by atomic mass is 9.88. The zero-order valence-corrected chi connectivity index (χ0v) is 4.54. The molecule has 0 N–H and O–H groups in total. The van der Waals surface area contributed by atoms with E-state index >= 15 is 0 Å². The quantitative estimate of drug-likeness (QED) is 0.333. The summed E-state index contributed by atoms with van der Waals surface area (Å²) in [5.41, 5.74) is 0. The Kier molecular flexibility index (Phi) is 2.42. The summed E-state index contributed by atoms with van der Waals surface area (Å²) in [6.45, 7) is 3.84. The van der Waals surface area contributed by atoms with Gasteiger partial charge in [-0.25, -0.2) is 0 Å². The van der Waals surface area contributed by atoms with Crippen LogP contribution in [0.2, 0.25) is 0 Å². The van der Waals surface area contributed by atoms with Gasteiger partial charge in [-0.05, 0) is 19.3 Å². The highest BCUT2D eigenvalue weighted by Gasteiger charge is 2.16. The van der Waals surface area contributed by atoms with Crippen molar-refractivity contribution < 1.29 is 12.4 Å². The minimum absolute atomic E-state index is 0. The van der Waals surface area contributed by atoms with Crippen LogP contribution in [0.4, 0.5) is 0 Å². The second-order valence-corrected chi connectivity index (χ2v) is 1.80. The summed E-state index contributed by atoms with van der Waals surface area (Å²) < 4.78 is 0. The van der Waals surface area contributed by atoms with Crippen LogP contribution in [0.25, 0.3) is 0 Å². The van der Waals surface area contributed by atoms with Crippen LogP contribution in [0.15, 0.2) is 0 Å². The summed E-state index contributed by atoms with van der Waals surface area (Å²) in [5.74, 6) is 0.815. The summed E-state index contributed by atoms with van der Waals surface area (Å²) in [6.07, 6.45) is 4.17. The van der Waals surface area contributed by atoms with Gasteiger partial charge in [-0.1, -0.05) is 0 Å². The van der Waals surface area contributed by atoms with Crippen molar-refractivity contribution in [3.05, 3.63) is 6.92 Å². The summed E-state index contributed by atoms with van der Waals surface area (Å²) >= 11 is 0. The predicted molar refractivity (Wildman–Crippen MR) is 22.7 cm³/mol. The molecule has 0 aromatic carbocycles. The monoisotopic (exact) mass is 104 g/mol. The van der Waals surface area contributed by atoms with Gasteiger partial charge < -0.3 is 12.4 Å². The van der Waals surface area contributed by atoms with E-state index in [2.05, 4.69) is 6.92 Å². The Bertz CT molecular complexity index is 30.9. The lowest BCUT2D eigenvalue weighted by molar-refractivity contribution is -0.00000113. The van der Waals surface area contributed by atoms with E-state index in [0.29, 0.717) is 0 Å². The first-order valence-electron chi connectivity index (χ1n) is 2.22. The van der Waals surface area contributed by atoms with Crippen molar-refractivity contribution in [1.29, 1.82) is 0 Å². The highest BCUT2D eigenvalue weighted by Crippen LogP contribution is 2.23. The predicted octanol–water partition coefficient (Wildman–Crippen LogP) is -1.38. The Morgan fingerprint density at radius 1 is 1.33 bits per heavy atom. The van der Waals surface area contributed by atoms with Gasteiger partial charge in [0.2, 0.25) is 0 Å². The van der Waals surface area contributed by atoms with E-state index in [-0.39, 0.29) is 12.4 Å². The number of hydrogen-bond donors (Lipinski definition) is 0. The van der Waals surface area contributed by atoms with Crippen LogP contribution in [-0.2, 0) is 0 Å². The average molecular weight is 105 g/mol. The van der Waals surface area contributed by atoms with E-state index in [1.165, 1.54) is 19.3 Å². The molecule has 0 heterocycles. The van der Waals surface area contributed by atoms with Crippen LogP contribution < -0.4 is 12.4 Å². The lowest BCUT2D eigenvalue weighted by Gasteiger charge is -2.11. The molecule has 0 radical (unpaired) electrons. The molecule has 0 aliphatic heterocycles. The Balaban J connectivity index is 0.000000250. The molecular formula is C5H9Cl. The molecular weight excluding hydrogens is 95.5 g/mol. The van der Waals surface area contributed by atoms with Gasteiger partial charge in [0.05, 0.1) is 12.8 Å². The van der Waals surface area contributed by atoms with Gasteiger partial charge >= 0.3 is 0 Å². The van der Waals surface area contributed by atoms with Crippen LogP contribution in [0.1, 0.15) is 19.3 Å². The van der Waals surface area contributed by atoms with Gasteiger partial charge in [0.25, 0.3) is 0 Å². The zero-order chi connectivity index (χ0) is 3.70. The first-order valence-corrected chi connectivity index (χ1v) is 2.22. The largest absolute Gasteiger partial charge is 1.00 e. The van der Waals surface area contributed by atoms with E-state index in [4.69, 9.17) is 0 Å². The fraction of sp³-hybridized carbons (Fsp3) is 0.800. The fourth-order valence-corrected chi connectivity index (χ4v) is 0.493. The first kappa shape index (κ1) is 6.16. The smallest absolute Gasteiger partial charge is 0.0953 e. The normalized spacial score (nSPS) is 21.3.